The van der Waals surface area contributed by atoms with Gasteiger partial charge in [-0.3, -0.25) is 0 Å². The lowest BCUT2D eigenvalue weighted by Crippen LogP contribution is -1.98. The molecule has 0 radical (unpaired) electrons. The first-order valence-corrected chi connectivity index (χ1v) is 6.86. The van der Waals surface area contributed by atoms with E-state index in [1.807, 2.05) is 0 Å². The lowest BCUT2D eigenvalue weighted by atomic mass is 9.91. The highest BCUT2D eigenvalue weighted by Gasteiger charge is 2.16. The fraction of sp³-hybridized carbons (Fsp3) is 0.467. The molecule has 0 unspecified atom stereocenters. The second-order valence-corrected chi connectivity index (χ2v) is 5.42. The molecule has 1 aromatic rings. The first-order valence-electron chi connectivity index (χ1n) is 6.07. The van der Waals surface area contributed by atoms with Crippen LogP contribution >= 0.6 is 15.9 Å². The van der Waals surface area contributed by atoms with Crippen molar-refractivity contribution >= 4 is 15.9 Å². The Kier molecular flexibility index (Phi) is 4.07. The van der Waals surface area contributed by atoms with Crippen molar-refractivity contribution < 1.29 is 0 Å². The maximum absolute atomic E-state index is 5.40. The zero-order valence-corrected chi connectivity index (χ0v) is 11.1. The second kappa shape index (κ2) is 5.55. The summed E-state index contributed by atoms with van der Waals surface area (Å²) in [6.45, 7) is 0. The van der Waals surface area contributed by atoms with Gasteiger partial charge in [0.1, 0.15) is 0 Å². The summed E-state index contributed by atoms with van der Waals surface area (Å²) in [5.41, 5.74) is 2.41. The largest absolute Gasteiger partial charge is 0.115 e. The van der Waals surface area contributed by atoms with Gasteiger partial charge >= 0.3 is 0 Å². The molecule has 0 aliphatic heterocycles. The van der Waals surface area contributed by atoms with Crippen LogP contribution in [-0.4, -0.2) is 0 Å². The van der Waals surface area contributed by atoms with Crippen LogP contribution in [0.2, 0.25) is 0 Å². The first kappa shape index (κ1) is 11.7. The van der Waals surface area contributed by atoms with Crippen LogP contribution in [0.3, 0.4) is 0 Å². The summed E-state index contributed by atoms with van der Waals surface area (Å²) < 4.78 is 1.19. The topological polar surface area (TPSA) is 0 Å². The van der Waals surface area contributed by atoms with Crippen molar-refractivity contribution in [1.82, 2.24) is 0 Å². The first-order chi connectivity index (χ1) is 7.81. The Balaban J connectivity index is 2.22. The molecule has 0 N–H and O–H groups in total. The molecule has 0 saturated heterocycles. The van der Waals surface area contributed by atoms with Gasteiger partial charge in [-0.2, -0.15) is 0 Å². The average Bonchev–Trinajstić information content (AvgIpc) is 2.57. The number of hydrogen-bond donors (Lipinski definition) is 0. The molecule has 0 amide bonds. The van der Waals surface area contributed by atoms with Crippen molar-refractivity contribution in [1.29, 1.82) is 0 Å². The molecule has 1 fully saturated rings. The smallest absolute Gasteiger partial charge is 0.0254 e. The van der Waals surface area contributed by atoms with Gasteiger partial charge in [0.05, 0.1) is 0 Å². The Morgan fingerprint density at radius 1 is 1.12 bits per heavy atom. The van der Waals surface area contributed by atoms with Crippen molar-refractivity contribution in [3.8, 4) is 12.3 Å². The van der Waals surface area contributed by atoms with E-state index in [4.69, 9.17) is 6.42 Å². The summed E-state index contributed by atoms with van der Waals surface area (Å²) in [4.78, 5) is 0. The van der Waals surface area contributed by atoms with Crippen molar-refractivity contribution in [3.63, 3.8) is 0 Å². The maximum atomic E-state index is 5.40. The standard InChI is InChI=1S/C15H17Br/c1-2-12-9-10-14(15(16)11-12)13-7-5-3-4-6-8-13/h1,9-11,13H,3-8H2. The Morgan fingerprint density at radius 2 is 1.81 bits per heavy atom. The Hall–Kier alpha value is -0.740. The molecule has 0 nitrogen and oxygen atoms in total. The molecule has 1 saturated carbocycles. The number of hydrogen-bond acceptors (Lipinski definition) is 0. The van der Waals surface area contributed by atoms with Gasteiger partial charge in [0, 0.05) is 10.0 Å². The average molecular weight is 277 g/mol. The lowest BCUT2D eigenvalue weighted by Gasteiger charge is -2.16. The summed E-state index contributed by atoms with van der Waals surface area (Å²) in [7, 11) is 0. The van der Waals surface area contributed by atoms with Crippen LogP contribution in [0.25, 0.3) is 0 Å². The zero-order valence-electron chi connectivity index (χ0n) is 9.51. The third kappa shape index (κ3) is 2.68. The lowest BCUT2D eigenvalue weighted by molar-refractivity contribution is 0.590. The summed E-state index contributed by atoms with van der Waals surface area (Å²) >= 11 is 3.65. The Bertz CT molecular complexity index is 392. The van der Waals surface area contributed by atoms with Gasteiger partial charge in [-0.15, -0.1) is 6.42 Å². The molecule has 0 atom stereocenters. The number of benzene rings is 1. The van der Waals surface area contributed by atoms with E-state index in [0.29, 0.717) is 0 Å². The third-order valence-electron chi connectivity index (χ3n) is 3.46. The van der Waals surface area contributed by atoms with Crippen LogP contribution in [0.5, 0.6) is 0 Å². The molecule has 0 aromatic heterocycles. The highest BCUT2D eigenvalue weighted by Crippen LogP contribution is 2.35. The van der Waals surface area contributed by atoms with Crippen LogP contribution in [-0.2, 0) is 0 Å². The van der Waals surface area contributed by atoms with E-state index in [0.717, 1.165) is 11.5 Å². The Morgan fingerprint density at radius 3 is 2.38 bits per heavy atom. The highest BCUT2D eigenvalue weighted by atomic mass is 79.9. The fourth-order valence-corrected chi connectivity index (χ4v) is 3.24. The molecule has 1 aliphatic carbocycles. The minimum atomic E-state index is 0.726. The summed E-state index contributed by atoms with van der Waals surface area (Å²) in [6.07, 6.45) is 13.6. The van der Waals surface area contributed by atoms with Gasteiger partial charge in [0.25, 0.3) is 0 Å². The number of rotatable bonds is 1. The van der Waals surface area contributed by atoms with E-state index in [1.54, 1.807) is 0 Å². The molecule has 0 bridgehead atoms. The molecule has 0 spiro atoms. The van der Waals surface area contributed by atoms with Gasteiger partial charge in [-0.25, -0.2) is 0 Å². The van der Waals surface area contributed by atoms with Gasteiger partial charge in [0.15, 0.2) is 0 Å². The molecule has 2 rings (SSSR count). The minimum Gasteiger partial charge on any atom is -0.115 e. The SMILES string of the molecule is C#Cc1ccc(C2CCCCCC2)c(Br)c1. The quantitative estimate of drug-likeness (QED) is 0.507. The molecule has 1 heteroatoms. The van der Waals surface area contributed by atoms with Crippen LogP contribution < -0.4 is 0 Å². The van der Waals surface area contributed by atoms with Crippen LogP contribution in [0.4, 0.5) is 0 Å². The Labute approximate surface area is 107 Å². The second-order valence-electron chi connectivity index (χ2n) is 4.57. The van der Waals surface area contributed by atoms with E-state index in [1.165, 1.54) is 48.6 Å². The fourth-order valence-electron chi connectivity index (χ4n) is 2.54. The zero-order chi connectivity index (χ0) is 11.4. The van der Waals surface area contributed by atoms with Gasteiger partial charge in [0.2, 0.25) is 0 Å². The van der Waals surface area contributed by atoms with E-state index >= 15 is 0 Å². The predicted molar refractivity (Wildman–Crippen MR) is 72.5 cm³/mol. The monoisotopic (exact) mass is 276 g/mol. The van der Waals surface area contributed by atoms with Crippen molar-refractivity contribution in [2.24, 2.45) is 0 Å². The summed E-state index contributed by atoms with van der Waals surface area (Å²) in [5, 5.41) is 0. The predicted octanol–water partition coefficient (Wildman–Crippen LogP) is 4.87. The van der Waals surface area contributed by atoms with Crippen LogP contribution in [0, 0.1) is 12.3 Å². The molecule has 16 heavy (non-hydrogen) atoms. The van der Waals surface area contributed by atoms with Crippen LogP contribution in [0.1, 0.15) is 55.6 Å². The normalized spacial score (nSPS) is 17.8. The van der Waals surface area contributed by atoms with E-state index in [2.05, 4.69) is 40.0 Å². The van der Waals surface area contributed by atoms with Crippen molar-refractivity contribution in [3.05, 3.63) is 33.8 Å². The molecular formula is C15H17Br. The van der Waals surface area contributed by atoms with Crippen molar-refractivity contribution in [2.45, 2.75) is 44.4 Å². The summed E-state index contributed by atoms with van der Waals surface area (Å²) in [5.74, 6) is 3.41. The van der Waals surface area contributed by atoms with Gasteiger partial charge in [-0.05, 0) is 36.5 Å². The molecule has 1 aromatic carbocycles. The molecule has 0 heterocycles. The number of halogens is 1. The van der Waals surface area contributed by atoms with Crippen LogP contribution in [0.15, 0.2) is 22.7 Å². The van der Waals surface area contributed by atoms with E-state index < -0.39 is 0 Å². The minimum absolute atomic E-state index is 0.726. The summed E-state index contributed by atoms with van der Waals surface area (Å²) in [6, 6.07) is 6.33. The van der Waals surface area contributed by atoms with Gasteiger partial charge in [-0.1, -0.05) is 53.6 Å². The van der Waals surface area contributed by atoms with Gasteiger partial charge < -0.3 is 0 Å². The third-order valence-corrected chi connectivity index (χ3v) is 4.15. The molecule has 84 valence electrons. The molecule has 1 aliphatic rings. The van der Waals surface area contributed by atoms with E-state index in [9.17, 15) is 0 Å². The molecular weight excluding hydrogens is 260 g/mol. The highest BCUT2D eigenvalue weighted by molar-refractivity contribution is 9.10. The maximum Gasteiger partial charge on any atom is 0.0254 e. The number of terminal acetylenes is 1. The van der Waals surface area contributed by atoms with E-state index in [-0.39, 0.29) is 0 Å². The van der Waals surface area contributed by atoms with Crippen molar-refractivity contribution in [2.75, 3.05) is 0 Å².